The van der Waals surface area contributed by atoms with Crippen molar-refractivity contribution in [1.29, 1.82) is 0 Å². The van der Waals surface area contributed by atoms with Gasteiger partial charge in [0.2, 0.25) is 0 Å². The maximum Gasteiger partial charge on any atom is 0.337 e. The molecule has 5 heteroatoms. The minimum absolute atomic E-state index is 0.122. The first-order chi connectivity index (χ1) is 8.99. The SMILES string of the molecule is Cc1ccc(Nc2c(N)cccc2C(=O)O)cc1Cl. The summed E-state index contributed by atoms with van der Waals surface area (Å²) < 4.78 is 0. The van der Waals surface area contributed by atoms with Gasteiger partial charge in [-0.2, -0.15) is 0 Å². The molecule has 4 N–H and O–H groups in total. The predicted molar refractivity (Wildman–Crippen MR) is 77.3 cm³/mol. The van der Waals surface area contributed by atoms with E-state index in [-0.39, 0.29) is 5.56 Å². The van der Waals surface area contributed by atoms with Crippen molar-refractivity contribution in [3.05, 3.63) is 52.5 Å². The fraction of sp³-hybridized carbons (Fsp3) is 0.0714. The predicted octanol–water partition coefficient (Wildman–Crippen LogP) is 3.67. The molecule has 0 aliphatic rings. The molecule has 0 saturated carbocycles. The zero-order chi connectivity index (χ0) is 14.0. The van der Waals surface area contributed by atoms with E-state index < -0.39 is 5.97 Å². The van der Waals surface area contributed by atoms with E-state index in [9.17, 15) is 4.79 Å². The summed E-state index contributed by atoms with van der Waals surface area (Å²) in [5.41, 5.74) is 8.32. The number of aryl methyl sites for hydroxylation is 1. The normalized spacial score (nSPS) is 10.2. The number of nitrogen functional groups attached to an aromatic ring is 1. The molecule has 0 fully saturated rings. The number of para-hydroxylation sites is 1. The number of halogens is 1. The molecule has 0 aliphatic carbocycles. The Kier molecular flexibility index (Phi) is 3.62. The Hall–Kier alpha value is -2.20. The number of carbonyl (C=O) groups is 1. The number of rotatable bonds is 3. The molecule has 0 saturated heterocycles. The second kappa shape index (κ2) is 5.20. The van der Waals surface area contributed by atoms with Gasteiger partial charge in [0.15, 0.2) is 0 Å². The lowest BCUT2D eigenvalue weighted by atomic mass is 10.1. The maximum absolute atomic E-state index is 11.2. The van der Waals surface area contributed by atoms with Crippen molar-refractivity contribution >= 4 is 34.6 Å². The molecule has 0 spiro atoms. The van der Waals surface area contributed by atoms with Gasteiger partial charge < -0.3 is 16.2 Å². The van der Waals surface area contributed by atoms with Crippen LogP contribution in [0.3, 0.4) is 0 Å². The highest BCUT2D eigenvalue weighted by Crippen LogP contribution is 2.29. The van der Waals surface area contributed by atoms with E-state index in [1.54, 1.807) is 18.2 Å². The Balaban J connectivity index is 2.42. The topological polar surface area (TPSA) is 75.3 Å². The molecule has 0 bridgehead atoms. The Bertz CT molecular complexity index is 641. The third-order valence-electron chi connectivity index (χ3n) is 2.77. The van der Waals surface area contributed by atoms with Gasteiger partial charge in [0.25, 0.3) is 0 Å². The number of anilines is 3. The molecule has 2 aromatic carbocycles. The summed E-state index contributed by atoms with van der Waals surface area (Å²) in [5, 5.41) is 12.8. The van der Waals surface area contributed by atoms with Crippen LogP contribution in [0.15, 0.2) is 36.4 Å². The van der Waals surface area contributed by atoms with Crippen LogP contribution < -0.4 is 11.1 Å². The molecular formula is C14H13ClN2O2. The third-order valence-corrected chi connectivity index (χ3v) is 3.18. The molecule has 2 aromatic rings. The molecule has 98 valence electrons. The summed E-state index contributed by atoms with van der Waals surface area (Å²) in [6, 6.07) is 10.1. The summed E-state index contributed by atoms with van der Waals surface area (Å²) in [6.45, 7) is 1.89. The summed E-state index contributed by atoms with van der Waals surface area (Å²) in [7, 11) is 0. The summed E-state index contributed by atoms with van der Waals surface area (Å²) in [4.78, 5) is 11.2. The largest absolute Gasteiger partial charge is 0.478 e. The van der Waals surface area contributed by atoms with Gasteiger partial charge in [-0.25, -0.2) is 4.79 Å². The quantitative estimate of drug-likeness (QED) is 0.748. The van der Waals surface area contributed by atoms with Crippen LogP contribution in [-0.4, -0.2) is 11.1 Å². The number of nitrogens with one attached hydrogen (secondary N) is 1. The van der Waals surface area contributed by atoms with Crippen LogP contribution in [0, 0.1) is 6.92 Å². The van der Waals surface area contributed by atoms with E-state index in [1.165, 1.54) is 6.07 Å². The first-order valence-electron chi connectivity index (χ1n) is 5.64. The van der Waals surface area contributed by atoms with Gasteiger partial charge in [-0.05, 0) is 36.8 Å². The van der Waals surface area contributed by atoms with E-state index in [1.807, 2.05) is 19.1 Å². The van der Waals surface area contributed by atoms with Crippen molar-refractivity contribution in [3.63, 3.8) is 0 Å². The van der Waals surface area contributed by atoms with E-state index in [0.29, 0.717) is 22.1 Å². The van der Waals surface area contributed by atoms with E-state index in [2.05, 4.69) is 5.32 Å². The molecule has 0 aromatic heterocycles. The van der Waals surface area contributed by atoms with Crippen molar-refractivity contribution in [2.75, 3.05) is 11.1 Å². The Morgan fingerprint density at radius 1 is 1.32 bits per heavy atom. The van der Waals surface area contributed by atoms with Gasteiger partial charge in [0, 0.05) is 10.7 Å². The van der Waals surface area contributed by atoms with Gasteiger partial charge in [0.05, 0.1) is 16.9 Å². The highest BCUT2D eigenvalue weighted by atomic mass is 35.5. The molecule has 2 rings (SSSR count). The second-order valence-electron chi connectivity index (χ2n) is 4.16. The number of carboxylic acids is 1. The van der Waals surface area contributed by atoms with E-state index >= 15 is 0 Å². The average Bonchev–Trinajstić information content (AvgIpc) is 2.36. The van der Waals surface area contributed by atoms with E-state index in [0.717, 1.165) is 5.56 Å². The van der Waals surface area contributed by atoms with Crippen molar-refractivity contribution in [2.24, 2.45) is 0 Å². The van der Waals surface area contributed by atoms with Gasteiger partial charge in [-0.1, -0.05) is 23.7 Å². The van der Waals surface area contributed by atoms with Crippen LogP contribution in [-0.2, 0) is 0 Å². The average molecular weight is 277 g/mol. The first-order valence-corrected chi connectivity index (χ1v) is 6.02. The van der Waals surface area contributed by atoms with Crippen molar-refractivity contribution in [1.82, 2.24) is 0 Å². The number of hydrogen-bond donors (Lipinski definition) is 3. The number of hydrogen-bond acceptors (Lipinski definition) is 3. The number of aromatic carboxylic acids is 1. The number of nitrogens with two attached hydrogens (primary N) is 1. The van der Waals surface area contributed by atoms with Crippen LogP contribution in [0.5, 0.6) is 0 Å². The lowest BCUT2D eigenvalue weighted by Gasteiger charge is -2.13. The molecule has 0 radical (unpaired) electrons. The highest BCUT2D eigenvalue weighted by Gasteiger charge is 2.12. The fourth-order valence-corrected chi connectivity index (χ4v) is 1.88. The first kappa shape index (κ1) is 13.2. The molecule has 0 amide bonds. The molecular weight excluding hydrogens is 264 g/mol. The standard InChI is InChI=1S/C14H13ClN2O2/c1-8-5-6-9(7-11(8)15)17-13-10(14(18)19)3-2-4-12(13)16/h2-7,17H,16H2,1H3,(H,18,19). The highest BCUT2D eigenvalue weighted by molar-refractivity contribution is 6.31. The Morgan fingerprint density at radius 2 is 2.05 bits per heavy atom. The zero-order valence-corrected chi connectivity index (χ0v) is 11.0. The van der Waals surface area contributed by atoms with Gasteiger partial charge >= 0.3 is 5.97 Å². The molecule has 0 atom stereocenters. The van der Waals surface area contributed by atoms with Gasteiger partial charge in [-0.3, -0.25) is 0 Å². The number of benzene rings is 2. The summed E-state index contributed by atoms with van der Waals surface area (Å²) >= 11 is 6.03. The van der Waals surface area contributed by atoms with Crippen LogP contribution in [0.4, 0.5) is 17.1 Å². The Labute approximate surface area is 115 Å². The fourth-order valence-electron chi connectivity index (χ4n) is 1.70. The van der Waals surface area contributed by atoms with Gasteiger partial charge in [-0.15, -0.1) is 0 Å². The van der Waals surface area contributed by atoms with Crippen molar-refractivity contribution in [3.8, 4) is 0 Å². The van der Waals surface area contributed by atoms with Crippen LogP contribution in [0.25, 0.3) is 0 Å². The molecule has 0 unspecified atom stereocenters. The molecule has 19 heavy (non-hydrogen) atoms. The minimum atomic E-state index is -1.03. The lowest BCUT2D eigenvalue weighted by molar-refractivity contribution is 0.0698. The summed E-state index contributed by atoms with van der Waals surface area (Å²) in [5.74, 6) is -1.03. The lowest BCUT2D eigenvalue weighted by Crippen LogP contribution is -2.05. The van der Waals surface area contributed by atoms with E-state index in [4.69, 9.17) is 22.4 Å². The smallest absolute Gasteiger partial charge is 0.337 e. The van der Waals surface area contributed by atoms with Crippen LogP contribution in [0.2, 0.25) is 5.02 Å². The van der Waals surface area contributed by atoms with Crippen molar-refractivity contribution < 1.29 is 9.90 Å². The Morgan fingerprint density at radius 3 is 2.68 bits per heavy atom. The van der Waals surface area contributed by atoms with Crippen molar-refractivity contribution in [2.45, 2.75) is 6.92 Å². The second-order valence-corrected chi connectivity index (χ2v) is 4.57. The third kappa shape index (κ3) is 2.80. The minimum Gasteiger partial charge on any atom is -0.478 e. The molecule has 0 aliphatic heterocycles. The molecule has 0 heterocycles. The van der Waals surface area contributed by atoms with Crippen LogP contribution >= 0.6 is 11.6 Å². The number of carboxylic acid groups (broad SMARTS) is 1. The monoisotopic (exact) mass is 276 g/mol. The maximum atomic E-state index is 11.2. The zero-order valence-electron chi connectivity index (χ0n) is 10.3. The van der Waals surface area contributed by atoms with Gasteiger partial charge in [0.1, 0.15) is 0 Å². The summed E-state index contributed by atoms with van der Waals surface area (Å²) in [6.07, 6.45) is 0. The van der Waals surface area contributed by atoms with Crippen LogP contribution in [0.1, 0.15) is 15.9 Å². The molecule has 4 nitrogen and oxygen atoms in total.